The highest BCUT2D eigenvalue weighted by atomic mass is 16.5. The number of esters is 1. The van der Waals surface area contributed by atoms with Gasteiger partial charge in [-0.05, 0) is 38.0 Å². The number of carbonyl (C=O) groups is 3. The van der Waals surface area contributed by atoms with Crippen LogP contribution in [-0.2, 0) is 19.1 Å². The highest BCUT2D eigenvalue weighted by Crippen LogP contribution is 2.30. The maximum atomic E-state index is 12.5. The number of nitrogens with one attached hydrogen (secondary N) is 3. The first-order chi connectivity index (χ1) is 13.9. The third kappa shape index (κ3) is 4.03. The Hall–Kier alpha value is -3.10. The Balaban J connectivity index is 1.33. The molecule has 1 aliphatic carbocycles. The second-order valence-corrected chi connectivity index (χ2v) is 7.79. The predicted octanol–water partition coefficient (Wildman–Crippen LogP) is 1.52. The Kier molecular flexibility index (Phi) is 5.12. The molecule has 2 fully saturated rings. The molecule has 154 valence electrons. The van der Waals surface area contributed by atoms with E-state index in [0.717, 1.165) is 25.7 Å². The quantitative estimate of drug-likeness (QED) is 0.657. The third-order valence-corrected chi connectivity index (χ3v) is 5.70. The van der Waals surface area contributed by atoms with Gasteiger partial charge in [0.05, 0.1) is 17.0 Å². The minimum absolute atomic E-state index is 0.00949. The van der Waals surface area contributed by atoms with Gasteiger partial charge in [-0.3, -0.25) is 14.4 Å². The average molecular weight is 400 g/mol. The molecule has 4 rings (SSSR count). The van der Waals surface area contributed by atoms with Crippen molar-refractivity contribution in [1.82, 2.24) is 14.9 Å². The van der Waals surface area contributed by atoms with Crippen molar-refractivity contribution in [2.45, 2.75) is 51.2 Å². The summed E-state index contributed by atoms with van der Waals surface area (Å²) in [6, 6.07) is 5.17. The smallest absolute Gasteiger partial charge is 0.323 e. The SMILES string of the molecule is C[C@@H](OC(=O)[C@H]1CC(=O)N(C2CCCC2)C1)C(=O)Nc1ccc2[nH]c(=O)[nH]c2c1. The normalized spacial score (nSPS) is 20.9. The molecule has 9 heteroatoms. The molecule has 0 bridgehead atoms. The maximum Gasteiger partial charge on any atom is 0.323 e. The minimum Gasteiger partial charge on any atom is -0.452 e. The second-order valence-electron chi connectivity index (χ2n) is 7.79. The van der Waals surface area contributed by atoms with E-state index >= 15 is 0 Å². The van der Waals surface area contributed by atoms with E-state index in [-0.39, 0.29) is 24.1 Å². The molecular weight excluding hydrogens is 376 g/mol. The number of fused-ring (bicyclic) bond motifs is 1. The van der Waals surface area contributed by atoms with Gasteiger partial charge in [-0.15, -0.1) is 0 Å². The van der Waals surface area contributed by atoms with E-state index in [4.69, 9.17) is 4.74 Å². The van der Waals surface area contributed by atoms with Crippen LogP contribution in [-0.4, -0.2) is 51.3 Å². The van der Waals surface area contributed by atoms with Crippen LogP contribution >= 0.6 is 0 Å². The number of benzene rings is 1. The first kappa shape index (κ1) is 19.2. The number of H-pyrrole nitrogens is 2. The highest BCUT2D eigenvalue weighted by Gasteiger charge is 2.40. The Morgan fingerprint density at radius 2 is 1.90 bits per heavy atom. The number of hydrogen-bond donors (Lipinski definition) is 3. The minimum atomic E-state index is -1.00. The number of aromatic nitrogens is 2. The van der Waals surface area contributed by atoms with Crippen molar-refractivity contribution < 1.29 is 19.1 Å². The monoisotopic (exact) mass is 400 g/mol. The first-order valence-corrected chi connectivity index (χ1v) is 9.93. The lowest BCUT2D eigenvalue weighted by Crippen LogP contribution is -2.36. The van der Waals surface area contributed by atoms with Crippen LogP contribution in [0.4, 0.5) is 5.69 Å². The average Bonchev–Trinajstić information content (AvgIpc) is 3.39. The van der Waals surface area contributed by atoms with Crippen molar-refractivity contribution in [2.75, 3.05) is 11.9 Å². The largest absolute Gasteiger partial charge is 0.452 e. The van der Waals surface area contributed by atoms with Crippen molar-refractivity contribution >= 4 is 34.5 Å². The number of hydrogen-bond acceptors (Lipinski definition) is 5. The van der Waals surface area contributed by atoms with E-state index < -0.39 is 23.9 Å². The van der Waals surface area contributed by atoms with Crippen LogP contribution in [0.1, 0.15) is 39.0 Å². The predicted molar refractivity (Wildman–Crippen MR) is 105 cm³/mol. The fourth-order valence-corrected chi connectivity index (χ4v) is 4.14. The number of amides is 2. The van der Waals surface area contributed by atoms with Gasteiger partial charge >= 0.3 is 11.7 Å². The van der Waals surface area contributed by atoms with Gasteiger partial charge in [0.2, 0.25) is 5.91 Å². The highest BCUT2D eigenvalue weighted by molar-refractivity contribution is 5.97. The Labute approximate surface area is 166 Å². The molecule has 1 saturated heterocycles. The summed E-state index contributed by atoms with van der Waals surface area (Å²) in [6.45, 7) is 1.86. The molecule has 1 aliphatic heterocycles. The van der Waals surface area contributed by atoms with E-state index in [9.17, 15) is 19.2 Å². The molecule has 0 unspecified atom stereocenters. The number of aromatic amines is 2. The number of carbonyl (C=O) groups excluding carboxylic acids is 3. The Morgan fingerprint density at radius 3 is 2.66 bits per heavy atom. The van der Waals surface area contributed by atoms with E-state index in [1.807, 2.05) is 0 Å². The maximum absolute atomic E-state index is 12.5. The number of rotatable bonds is 5. The van der Waals surface area contributed by atoms with Crippen LogP contribution in [0.3, 0.4) is 0 Å². The molecule has 2 aliphatic rings. The summed E-state index contributed by atoms with van der Waals surface area (Å²) in [4.78, 5) is 55.5. The molecule has 9 nitrogen and oxygen atoms in total. The Morgan fingerprint density at radius 1 is 1.17 bits per heavy atom. The molecule has 2 heterocycles. The van der Waals surface area contributed by atoms with Gasteiger partial charge in [0.15, 0.2) is 6.10 Å². The molecule has 1 aromatic carbocycles. The van der Waals surface area contributed by atoms with Gasteiger partial charge < -0.3 is 24.9 Å². The zero-order valence-corrected chi connectivity index (χ0v) is 16.2. The van der Waals surface area contributed by atoms with Crippen LogP contribution in [0.2, 0.25) is 0 Å². The van der Waals surface area contributed by atoms with Crippen LogP contribution in [0.15, 0.2) is 23.0 Å². The molecule has 2 amide bonds. The zero-order valence-electron chi connectivity index (χ0n) is 16.2. The first-order valence-electron chi connectivity index (χ1n) is 9.93. The summed E-state index contributed by atoms with van der Waals surface area (Å²) in [5.41, 5.74) is 1.34. The molecular formula is C20H24N4O5. The molecule has 2 atom stereocenters. The van der Waals surface area contributed by atoms with Crippen molar-refractivity contribution in [2.24, 2.45) is 5.92 Å². The summed E-state index contributed by atoms with van der Waals surface area (Å²) in [5.74, 6) is -1.54. The van der Waals surface area contributed by atoms with Gasteiger partial charge in [-0.25, -0.2) is 4.79 Å². The summed E-state index contributed by atoms with van der Waals surface area (Å²) < 4.78 is 5.33. The van der Waals surface area contributed by atoms with Gasteiger partial charge in [-0.2, -0.15) is 0 Å². The number of likely N-dealkylation sites (tertiary alicyclic amines) is 1. The van der Waals surface area contributed by atoms with E-state index in [0.29, 0.717) is 23.3 Å². The van der Waals surface area contributed by atoms with Crippen LogP contribution in [0.5, 0.6) is 0 Å². The topological polar surface area (TPSA) is 124 Å². The molecule has 0 radical (unpaired) electrons. The lowest BCUT2D eigenvalue weighted by molar-refractivity contribution is -0.157. The standard InChI is InChI=1S/C20H24N4O5/c1-11(18(26)21-13-6-7-15-16(9-13)23-20(28)22-15)29-19(27)12-8-17(25)24(10-12)14-4-2-3-5-14/h6-7,9,11-12,14H,2-5,8,10H2,1H3,(H,21,26)(H2,22,23,28)/t11-,12+/m1/s1. The van der Waals surface area contributed by atoms with Crippen LogP contribution in [0.25, 0.3) is 11.0 Å². The van der Waals surface area contributed by atoms with Crippen molar-refractivity contribution in [1.29, 1.82) is 0 Å². The number of nitrogens with zero attached hydrogens (tertiary/aromatic N) is 1. The summed E-state index contributed by atoms with van der Waals surface area (Å²) in [7, 11) is 0. The number of ether oxygens (including phenoxy) is 1. The fraction of sp³-hybridized carbons (Fsp3) is 0.500. The van der Waals surface area contributed by atoms with E-state index in [2.05, 4.69) is 15.3 Å². The van der Waals surface area contributed by atoms with Gasteiger partial charge in [0, 0.05) is 24.7 Å². The molecule has 1 aromatic heterocycles. The zero-order chi connectivity index (χ0) is 20.5. The van der Waals surface area contributed by atoms with Crippen LogP contribution < -0.4 is 11.0 Å². The van der Waals surface area contributed by atoms with Crippen molar-refractivity contribution in [3.05, 3.63) is 28.7 Å². The van der Waals surface area contributed by atoms with Crippen molar-refractivity contribution in [3.63, 3.8) is 0 Å². The van der Waals surface area contributed by atoms with E-state index in [1.54, 1.807) is 23.1 Å². The molecule has 3 N–H and O–H groups in total. The summed E-state index contributed by atoms with van der Waals surface area (Å²) in [6.07, 6.45) is 3.35. The second kappa shape index (κ2) is 7.73. The molecule has 29 heavy (non-hydrogen) atoms. The molecule has 2 aromatic rings. The lowest BCUT2D eigenvalue weighted by Gasteiger charge is -2.24. The molecule has 0 spiro atoms. The van der Waals surface area contributed by atoms with Crippen LogP contribution in [0, 0.1) is 5.92 Å². The Bertz CT molecular complexity index is 1000. The van der Waals surface area contributed by atoms with Gasteiger partial charge in [0.25, 0.3) is 5.91 Å². The number of anilines is 1. The van der Waals surface area contributed by atoms with Gasteiger partial charge in [-0.1, -0.05) is 12.8 Å². The summed E-state index contributed by atoms with van der Waals surface area (Å²) >= 11 is 0. The third-order valence-electron chi connectivity index (χ3n) is 5.70. The lowest BCUT2D eigenvalue weighted by atomic mass is 10.1. The van der Waals surface area contributed by atoms with Crippen molar-refractivity contribution in [3.8, 4) is 0 Å². The summed E-state index contributed by atoms with van der Waals surface area (Å²) in [5, 5.41) is 2.67. The molecule has 1 saturated carbocycles. The number of imidazole rings is 1. The fourth-order valence-electron chi connectivity index (χ4n) is 4.14. The van der Waals surface area contributed by atoms with E-state index in [1.165, 1.54) is 6.92 Å². The van der Waals surface area contributed by atoms with Gasteiger partial charge in [0.1, 0.15) is 0 Å².